The van der Waals surface area contributed by atoms with Crippen LogP contribution in [0.25, 0.3) is 0 Å². The molecule has 2 fully saturated rings. The van der Waals surface area contributed by atoms with E-state index in [0.717, 1.165) is 32.2 Å². The van der Waals surface area contributed by atoms with Crippen LogP contribution in [0.3, 0.4) is 0 Å². The molecule has 0 radical (unpaired) electrons. The number of nitrogens with one attached hydrogen (secondary N) is 1. The molecule has 0 aromatic heterocycles. The number of hydrogen-bond donors (Lipinski definition) is 1. The summed E-state index contributed by atoms with van der Waals surface area (Å²) >= 11 is 0. The Morgan fingerprint density at radius 1 is 1.22 bits per heavy atom. The lowest BCUT2D eigenvalue weighted by molar-refractivity contribution is -0.139. The highest BCUT2D eigenvalue weighted by Gasteiger charge is 2.37. The first-order chi connectivity index (χ1) is 8.37. The van der Waals surface area contributed by atoms with Gasteiger partial charge in [0.05, 0.1) is 0 Å². The summed E-state index contributed by atoms with van der Waals surface area (Å²) in [5.41, 5.74) is -0.0167. The minimum absolute atomic E-state index is 0.0167. The van der Waals surface area contributed by atoms with Crippen LogP contribution < -0.4 is 5.32 Å². The zero-order valence-electron chi connectivity index (χ0n) is 11.7. The number of hydrogen-bond acceptors (Lipinski definition) is 2. The molecule has 1 saturated carbocycles. The molecule has 0 aromatic carbocycles. The van der Waals surface area contributed by atoms with Crippen molar-refractivity contribution in [2.75, 3.05) is 6.54 Å². The second kappa shape index (κ2) is 4.90. The molecule has 4 heteroatoms. The predicted octanol–water partition coefficient (Wildman–Crippen LogP) is 1.69. The van der Waals surface area contributed by atoms with E-state index in [0.29, 0.717) is 12.5 Å². The molecule has 1 heterocycles. The Kier molecular flexibility index (Phi) is 3.64. The molecule has 0 aromatic rings. The lowest BCUT2D eigenvalue weighted by Crippen LogP contribution is -2.47. The van der Waals surface area contributed by atoms with Gasteiger partial charge in [-0.15, -0.1) is 0 Å². The Morgan fingerprint density at radius 3 is 2.44 bits per heavy atom. The molecule has 1 atom stereocenters. The molecule has 1 N–H and O–H groups in total. The molecular weight excluding hydrogens is 228 g/mol. The minimum atomic E-state index is -0.222. The Bertz CT molecular complexity index is 342. The van der Waals surface area contributed by atoms with Gasteiger partial charge in [-0.3, -0.25) is 9.59 Å². The van der Waals surface area contributed by atoms with Gasteiger partial charge in [0.1, 0.15) is 6.04 Å². The van der Waals surface area contributed by atoms with E-state index < -0.39 is 0 Å². The van der Waals surface area contributed by atoms with Crippen molar-refractivity contribution in [3.63, 3.8) is 0 Å². The number of rotatable bonds is 3. The van der Waals surface area contributed by atoms with E-state index in [4.69, 9.17) is 0 Å². The van der Waals surface area contributed by atoms with Gasteiger partial charge in [-0.2, -0.15) is 0 Å². The van der Waals surface area contributed by atoms with Crippen molar-refractivity contribution in [3.05, 3.63) is 0 Å². The number of nitrogens with zero attached hydrogens (tertiary/aromatic N) is 1. The summed E-state index contributed by atoms with van der Waals surface area (Å²) in [6, 6.07) is 0.151. The van der Waals surface area contributed by atoms with Crippen LogP contribution in [0.1, 0.15) is 52.9 Å². The summed E-state index contributed by atoms with van der Waals surface area (Å²) in [4.78, 5) is 26.1. The van der Waals surface area contributed by atoms with Crippen molar-refractivity contribution in [1.82, 2.24) is 10.2 Å². The third-order valence-electron chi connectivity index (χ3n) is 3.48. The second-order valence-electron chi connectivity index (χ2n) is 6.77. The summed E-state index contributed by atoms with van der Waals surface area (Å²) in [7, 11) is 0. The summed E-state index contributed by atoms with van der Waals surface area (Å²) in [5, 5.41) is 3.01. The maximum atomic E-state index is 12.2. The number of carbonyl (C=O) groups excluding carboxylic acids is 2. The average molecular weight is 252 g/mol. The summed E-state index contributed by atoms with van der Waals surface area (Å²) in [5.74, 6) is 0.174. The maximum Gasteiger partial charge on any atom is 0.243 e. The van der Waals surface area contributed by atoms with Crippen LogP contribution in [0.2, 0.25) is 0 Å². The fraction of sp³-hybridized carbons (Fsp3) is 0.857. The SMILES string of the molecule is CC(C)(C)CC(=O)N1CCC[C@H]1C(=O)NC1CC1. The molecule has 0 bridgehead atoms. The van der Waals surface area contributed by atoms with Crippen molar-refractivity contribution in [3.8, 4) is 0 Å². The molecule has 102 valence electrons. The maximum absolute atomic E-state index is 12.2. The van der Waals surface area contributed by atoms with Crippen LogP contribution in [0.15, 0.2) is 0 Å². The van der Waals surface area contributed by atoms with E-state index in [1.807, 2.05) is 0 Å². The molecule has 2 aliphatic rings. The second-order valence-corrected chi connectivity index (χ2v) is 6.77. The van der Waals surface area contributed by atoms with Gasteiger partial charge in [0.15, 0.2) is 0 Å². The van der Waals surface area contributed by atoms with Gasteiger partial charge >= 0.3 is 0 Å². The van der Waals surface area contributed by atoms with Gasteiger partial charge in [-0.25, -0.2) is 0 Å². The van der Waals surface area contributed by atoms with E-state index in [2.05, 4.69) is 26.1 Å². The zero-order chi connectivity index (χ0) is 13.3. The fourth-order valence-corrected chi connectivity index (χ4v) is 2.42. The van der Waals surface area contributed by atoms with Crippen LogP contribution in [0.4, 0.5) is 0 Å². The third-order valence-corrected chi connectivity index (χ3v) is 3.48. The molecule has 2 amide bonds. The molecule has 4 nitrogen and oxygen atoms in total. The van der Waals surface area contributed by atoms with Crippen molar-refractivity contribution in [2.45, 2.75) is 65.0 Å². The number of carbonyl (C=O) groups is 2. The van der Waals surface area contributed by atoms with E-state index in [1.165, 1.54) is 0 Å². The molecule has 0 unspecified atom stereocenters. The van der Waals surface area contributed by atoms with Crippen LogP contribution in [0, 0.1) is 5.41 Å². The number of amides is 2. The highest BCUT2D eigenvalue weighted by atomic mass is 16.2. The minimum Gasteiger partial charge on any atom is -0.352 e. The number of likely N-dealkylation sites (tertiary alicyclic amines) is 1. The molecule has 18 heavy (non-hydrogen) atoms. The first kappa shape index (κ1) is 13.4. The van der Waals surface area contributed by atoms with Crippen LogP contribution in [0.5, 0.6) is 0 Å². The quantitative estimate of drug-likeness (QED) is 0.831. The van der Waals surface area contributed by atoms with Crippen molar-refractivity contribution in [1.29, 1.82) is 0 Å². The molecule has 1 aliphatic carbocycles. The van der Waals surface area contributed by atoms with Gasteiger partial charge in [-0.1, -0.05) is 20.8 Å². The molecule has 1 saturated heterocycles. The highest BCUT2D eigenvalue weighted by Crippen LogP contribution is 2.26. The Balaban J connectivity index is 1.93. The zero-order valence-corrected chi connectivity index (χ0v) is 11.7. The Labute approximate surface area is 109 Å². The van der Waals surface area contributed by atoms with E-state index >= 15 is 0 Å². The Hall–Kier alpha value is -1.06. The summed E-state index contributed by atoms with van der Waals surface area (Å²) < 4.78 is 0. The standard InChI is InChI=1S/C14H24N2O2/c1-14(2,3)9-12(17)16-8-4-5-11(16)13(18)15-10-6-7-10/h10-11H,4-9H2,1-3H3,(H,15,18)/t11-/m0/s1. The summed E-state index contributed by atoms with van der Waals surface area (Å²) in [6.07, 6.45) is 4.45. The first-order valence-corrected chi connectivity index (χ1v) is 6.97. The van der Waals surface area contributed by atoms with Gasteiger partial charge in [0, 0.05) is 19.0 Å². The van der Waals surface area contributed by atoms with Crippen LogP contribution in [-0.2, 0) is 9.59 Å². The van der Waals surface area contributed by atoms with Gasteiger partial charge in [-0.05, 0) is 31.1 Å². The van der Waals surface area contributed by atoms with Crippen LogP contribution in [-0.4, -0.2) is 35.3 Å². The van der Waals surface area contributed by atoms with E-state index in [-0.39, 0.29) is 23.3 Å². The van der Waals surface area contributed by atoms with Gasteiger partial charge in [0.2, 0.25) is 11.8 Å². The first-order valence-electron chi connectivity index (χ1n) is 6.97. The van der Waals surface area contributed by atoms with E-state index in [9.17, 15) is 9.59 Å². The third kappa shape index (κ3) is 3.47. The van der Waals surface area contributed by atoms with Crippen molar-refractivity contribution in [2.24, 2.45) is 5.41 Å². The van der Waals surface area contributed by atoms with Gasteiger partial charge < -0.3 is 10.2 Å². The molecular formula is C14H24N2O2. The predicted molar refractivity (Wildman–Crippen MR) is 70.0 cm³/mol. The molecule has 0 spiro atoms. The average Bonchev–Trinajstić information content (AvgIpc) is 2.90. The molecule has 1 aliphatic heterocycles. The fourth-order valence-electron chi connectivity index (χ4n) is 2.42. The van der Waals surface area contributed by atoms with Crippen molar-refractivity contribution < 1.29 is 9.59 Å². The topological polar surface area (TPSA) is 49.4 Å². The lowest BCUT2D eigenvalue weighted by atomic mass is 9.91. The summed E-state index contributed by atoms with van der Waals surface area (Å²) in [6.45, 7) is 6.90. The normalized spacial score (nSPS) is 24.2. The van der Waals surface area contributed by atoms with E-state index in [1.54, 1.807) is 4.90 Å². The lowest BCUT2D eigenvalue weighted by Gasteiger charge is -2.27. The smallest absolute Gasteiger partial charge is 0.243 e. The monoisotopic (exact) mass is 252 g/mol. The van der Waals surface area contributed by atoms with Crippen LogP contribution >= 0.6 is 0 Å². The van der Waals surface area contributed by atoms with Crippen molar-refractivity contribution >= 4 is 11.8 Å². The highest BCUT2D eigenvalue weighted by molar-refractivity contribution is 5.88. The largest absolute Gasteiger partial charge is 0.352 e. The Morgan fingerprint density at radius 2 is 1.89 bits per heavy atom. The molecule has 2 rings (SSSR count). The van der Waals surface area contributed by atoms with Gasteiger partial charge in [0.25, 0.3) is 0 Å².